The molecule has 0 unspecified atom stereocenters. The summed E-state index contributed by atoms with van der Waals surface area (Å²) in [6, 6.07) is 16.5. The standard InChI is InChI=1S/C17H15NO4/c1-21-11-18-15-8-7-14(22-13-5-3-2-4-6-13)9-12(15)10-16(18)17(19)20/h2-10H,11H2,1H3,(H,19,20). The van der Waals surface area contributed by atoms with E-state index < -0.39 is 5.97 Å². The van der Waals surface area contributed by atoms with Gasteiger partial charge < -0.3 is 19.1 Å². The summed E-state index contributed by atoms with van der Waals surface area (Å²) in [5, 5.41) is 10.1. The van der Waals surface area contributed by atoms with E-state index in [1.807, 2.05) is 48.5 Å². The van der Waals surface area contributed by atoms with Gasteiger partial charge >= 0.3 is 5.97 Å². The first-order valence-electron chi connectivity index (χ1n) is 6.77. The van der Waals surface area contributed by atoms with Crippen molar-refractivity contribution in [2.24, 2.45) is 0 Å². The zero-order chi connectivity index (χ0) is 15.5. The van der Waals surface area contributed by atoms with Gasteiger partial charge in [-0.15, -0.1) is 0 Å². The van der Waals surface area contributed by atoms with Gasteiger partial charge in [-0.25, -0.2) is 4.79 Å². The largest absolute Gasteiger partial charge is 0.477 e. The quantitative estimate of drug-likeness (QED) is 0.779. The maximum atomic E-state index is 11.3. The number of rotatable bonds is 5. The van der Waals surface area contributed by atoms with E-state index in [1.54, 1.807) is 10.6 Å². The lowest BCUT2D eigenvalue weighted by molar-refractivity contribution is 0.0664. The van der Waals surface area contributed by atoms with Crippen LogP contribution in [-0.2, 0) is 11.5 Å². The van der Waals surface area contributed by atoms with Crippen LogP contribution in [0.25, 0.3) is 10.9 Å². The van der Waals surface area contributed by atoms with Crippen LogP contribution in [0.1, 0.15) is 10.5 Å². The molecule has 1 heterocycles. The highest BCUT2D eigenvalue weighted by atomic mass is 16.5. The molecule has 0 atom stereocenters. The summed E-state index contributed by atoms with van der Waals surface area (Å²) in [6.07, 6.45) is 0. The number of para-hydroxylation sites is 1. The van der Waals surface area contributed by atoms with Crippen molar-refractivity contribution in [3.8, 4) is 11.5 Å². The molecule has 0 amide bonds. The molecule has 0 saturated heterocycles. The Morgan fingerprint density at radius 2 is 1.86 bits per heavy atom. The van der Waals surface area contributed by atoms with Gasteiger partial charge in [0.05, 0.1) is 5.52 Å². The third-order valence-corrected chi connectivity index (χ3v) is 3.33. The van der Waals surface area contributed by atoms with Gasteiger partial charge in [-0.3, -0.25) is 0 Å². The highest BCUT2D eigenvalue weighted by molar-refractivity contribution is 5.95. The summed E-state index contributed by atoms with van der Waals surface area (Å²) in [5.41, 5.74) is 0.980. The monoisotopic (exact) mass is 297 g/mol. The number of benzene rings is 2. The second kappa shape index (κ2) is 5.91. The van der Waals surface area contributed by atoms with Crippen LogP contribution in [-0.4, -0.2) is 22.8 Å². The summed E-state index contributed by atoms with van der Waals surface area (Å²) in [6.45, 7) is 0.185. The van der Waals surface area contributed by atoms with Crippen molar-refractivity contribution in [2.45, 2.75) is 6.73 Å². The Labute approximate surface area is 127 Å². The molecule has 5 heteroatoms. The predicted molar refractivity (Wildman–Crippen MR) is 82.4 cm³/mol. The highest BCUT2D eigenvalue weighted by Gasteiger charge is 2.15. The van der Waals surface area contributed by atoms with Gasteiger partial charge in [0, 0.05) is 12.5 Å². The van der Waals surface area contributed by atoms with E-state index in [2.05, 4.69) is 0 Å². The zero-order valence-corrected chi connectivity index (χ0v) is 12.0. The second-order valence-electron chi connectivity index (χ2n) is 4.82. The van der Waals surface area contributed by atoms with Crippen molar-refractivity contribution in [2.75, 3.05) is 7.11 Å². The fourth-order valence-electron chi connectivity index (χ4n) is 2.38. The SMILES string of the molecule is COCn1c(C(=O)O)cc2cc(Oc3ccccc3)ccc21. The van der Waals surface area contributed by atoms with Gasteiger partial charge in [0.1, 0.15) is 23.9 Å². The minimum Gasteiger partial charge on any atom is -0.477 e. The van der Waals surface area contributed by atoms with Crippen LogP contribution in [0.2, 0.25) is 0 Å². The predicted octanol–water partition coefficient (Wildman–Crippen LogP) is 3.74. The van der Waals surface area contributed by atoms with Crippen molar-refractivity contribution < 1.29 is 19.4 Å². The number of methoxy groups -OCH3 is 1. The lowest BCUT2D eigenvalue weighted by Gasteiger charge is -2.08. The topological polar surface area (TPSA) is 60.7 Å². The summed E-state index contributed by atoms with van der Waals surface area (Å²) in [7, 11) is 1.53. The smallest absolute Gasteiger partial charge is 0.352 e. The Morgan fingerprint density at radius 1 is 1.09 bits per heavy atom. The van der Waals surface area contributed by atoms with E-state index in [9.17, 15) is 9.90 Å². The van der Waals surface area contributed by atoms with E-state index in [-0.39, 0.29) is 12.4 Å². The lowest BCUT2D eigenvalue weighted by atomic mass is 10.2. The number of hydrogen-bond acceptors (Lipinski definition) is 3. The van der Waals surface area contributed by atoms with Gasteiger partial charge in [0.15, 0.2) is 0 Å². The summed E-state index contributed by atoms with van der Waals surface area (Å²) >= 11 is 0. The van der Waals surface area contributed by atoms with Gasteiger partial charge in [-0.2, -0.15) is 0 Å². The molecule has 0 spiro atoms. The summed E-state index contributed by atoms with van der Waals surface area (Å²) in [5.74, 6) is 0.403. The fraction of sp³-hybridized carbons (Fsp3) is 0.118. The number of hydrogen-bond donors (Lipinski definition) is 1. The fourth-order valence-corrected chi connectivity index (χ4v) is 2.38. The van der Waals surface area contributed by atoms with Crippen LogP contribution >= 0.6 is 0 Å². The maximum absolute atomic E-state index is 11.3. The molecular formula is C17H15NO4. The maximum Gasteiger partial charge on any atom is 0.352 e. The molecule has 5 nitrogen and oxygen atoms in total. The number of aromatic carboxylic acids is 1. The van der Waals surface area contributed by atoms with E-state index >= 15 is 0 Å². The van der Waals surface area contributed by atoms with Crippen LogP contribution in [0.5, 0.6) is 11.5 Å². The van der Waals surface area contributed by atoms with Crippen LogP contribution in [0, 0.1) is 0 Å². The first-order valence-corrected chi connectivity index (χ1v) is 6.77. The Morgan fingerprint density at radius 3 is 2.55 bits per heavy atom. The molecular weight excluding hydrogens is 282 g/mol. The molecule has 0 radical (unpaired) electrons. The average Bonchev–Trinajstić information content (AvgIpc) is 2.87. The number of carboxylic acid groups (broad SMARTS) is 1. The first kappa shape index (κ1) is 14.2. The zero-order valence-electron chi connectivity index (χ0n) is 12.0. The average molecular weight is 297 g/mol. The van der Waals surface area contributed by atoms with E-state index in [1.165, 1.54) is 7.11 Å². The van der Waals surface area contributed by atoms with E-state index in [0.717, 1.165) is 16.7 Å². The van der Waals surface area contributed by atoms with Crippen molar-refractivity contribution in [3.63, 3.8) is 0 Å². The molecule has 3 aromatic rings. The molecule has 1 N–H and O–H groups in total. The third-order valence-electron chi connectivity index (χ3n) is 3.33. The number of carbonyl (C=O) groups is 1. The minimum atomic E-state index is -0.987. The van der Waals surface area contributed by atoms with Crippen LogP contribution in [0.15, 0.2) is 54.6 Å². The van der Waals surface area contributed by atoms with Gasteiger partial charge in [-0.1, -0.05) is 18.2 Å². The molecule has 0 aliphatic rings. The highest BCUT2D eigenvalue weighted by Crippen LogP contribution is 2.28. The van der Waals surface area contributed by atoms with Gasteiger partial charge in [0.2, 0.25) is 0 Å². The minimum absolute atomic E-state index is 0.185. The Kier molecular flexibility index (Phi) is 3.80. The van der Waals surface area contributed by atoms with Crippen molar-refractivity contribution in [1.29, 1.82) is 0 Å². The molecule has 1 aromatic heterocycles. The van der Waals surface area contributed by atoms with Crippen molar-refractivity contribution >= 4 is 16.9 Å². The van der Waals surface area contributed by atoms with Gasteiger partial charge in [-0.05, 0) is 36.4 Å². The summed E-state index contributed by atoms with van der Waals surface area (Å²) < 4.78 is 12.5. The molecule has 0 saturated carbocycles. The van der Waals surface area contributed by atoms with Crippen LogP contribution < -0.4 is 4.74 Å². The summed E-state index contributed by atoms with van der Waals surface area (Å²) in [4.78, 5) is 11.3. The van der Waals surface area contributed by atoms with E-state index in [0.29, 0.717) is 5.75 Å². The Hall–Kier alpha value is -2.79. The molecule has 0 bridgehead atoms. The first-order chi connectivity index (χ1) is 10.7. The molecule has 0 fully saturated rings. The van der Waals surface area contributed by atoms with Gasteiger partial charge in [0.25, 0.3) is 0 Å². The second-order valence-corrected chi connectivity index (χ2v) is 4.82. The molecule has 0 aliphatic heterocycles. The van der Waals surface area contributed by atoms with Crippen LogP contribution in [0.4, 0.5) is 0 Å². The number of ether oxygens (including phenoxy) is 2. The van der Waals surface area contributed by atoms with Crippen molar-refractivity contribution in [1.82, 2.24) is 4.57 Å². The van der Waals surface area contributed by atoms with E-state index in [4.69, 9.17) is 9.47 Å². The number of aromatic nitrogens is 1. The van der Waals surface area contributed by atoms with Crippen molar-refractivity contribution in [3.05, 3.63) is 60.3 Å². The normalized spacial score (nSPS) is 10.8. The molecule has 0 aliphatic carbocycles. The Bertz CT molecular complexity index is 808. The lowest BCUT2D eigenvalue weighted by Crippen LogP contribution is -2.09. The molecule has 3 rings (SSSR count). The third kappa shape index (κ3) is 2.66. The molecule has 2 aromatic carbocycles. The number of carboxylic acids is 1. The number of nitrogens with zero attached hydrogens (tertiary/aromatic N) is 1. The Balaban J connectivity index is 2.01. The number of fused-ring (bicyclic) bond motifs is 1. The molecule has 22 heavy (non-hydrogen) atoms. The van der Waals surface area contributed by atoms with Crippen LogP contribution in [0.3, 0.4) is 0 Å². The molecule has 112 valence electrons.